The van der Waals surface area contributed by atoms with Gasteiger partial charge in [0.1, 0.15) is 13.1 Å². The minimum atomic E-state index is -1.56. The van der Waals surface area contributed by atoms with Crippen molar-refractivity contribution in [3.63, 3.8) is 0 Å². The van der Waals surface area contributed by atoms with Crippen molar-refractivity contribution in [3.8, 4) is 0 Å². The fourth-order valence-corrected chi connectivity index (χ4v) is 1.44. The maximum atomic E-state index is 11.8. The highest BCUT2D eigenvalue weighted by molar-refractivity contribution is 5.67. The summed E-state index contributed by atoms with van der Waals surface area (Å²) in [6, 6.07) is 0. The number of aromatic nitrogens is 3. The highest BCUT2D eigenvalue weighted by atomic mass is 16.5. The smallest absolute Gasteiger partial charge is 0.339 e. The lowest BCUT2D eigenvalue weighted by Gasteiger charge is -2.10. The van der Waals surface area contributed by atoms with Crippen LogP contribution in [0.15, 0.2) is 14.4 Å². The van der Waals surface area contributed by atoms with Crippen LogP contribution in [-0.2, 0) is 38.9 Å². The third-order valence-corrected chi connectivity index (χ3v) is 2.24. The molecular formula is C9H9N3O9. The molecule has 0 aliphatic rings. The van der Waals surface area contributed by atoms with Gasteiger partial charge in [-0.2, -0.15) is 0 Å². The van der Waals surface area contributed by atoms with E-state index in [2.05, 4.69) is 4.74 Å². The van der Waals surface area contributed by atoms with Gasteiger partial charge in [0.15, 0.2) is 6.73 Å². The van der Waals surface area contributed by atoms with Crippen molar-refractivity contribution in [2.75, 3.05) is 0 Å². The molecule has 0 aromatic carbocycles. The van der Waals surface area contributed by atoms with E-state index in [1.807, 2.05) is 0 Å². The van der Waals surface area contributed by atoms with Crippen molar-refractivity contribution >= 4 is 18.4 Å². The standard InChI is InChI=1S/C9H9N3O9/c13-4-21-3-12-8(19)10(1-5(14)15)7(18)11(9(12)20)2-6(16)17/h4H,1-3H2,(H,14,15)(H,16,17). The Hall–Kier alpha value is -3.18. The van der Waals surface area contributed by atoms with Crippen LogP contribution in [0.4, 0.5) is 0 Å². The number of aliphatic carboxylic acids is 2. The third kappa shape index (κ3) is 3.43. The minimum absolute atomic E-state index is 0.0833. The second kappa shape index (κ2) is 6.31. The quantitative estimate of drug-likeness (QED) is 0.485. The van der Waals surface area contributed by atoms with Gasteiger partial charge in [0.05, 0.1) is 0 Å². The van der Waals surface area contributed by atoms with Crippen LogP contribution in [0, 0.1) is 0 Å². The fourth-order valence-electron chi connectivity index (χ4n) is 1.44. The van der Waals surface area contributed by atoms with Crippen molar-refractivity contribution in [2.45, 2.75) is 19.8 Å². The van der Waals surface area contributed by atoms with Crippen molar-refractivity contribution in [1.82, 2.24) is 13.7 Å². The largest absolute Gasteiger partial charge is 0.480 e. The Labute approximate surface area is 114 Å². The van der Waals surface area contributed by atoms with Crippen LogP contribution in [0.25, 0.3) is 0 Å². The van der Waals surface area contributed by atoms with Crippen molar-refractivity contribution in [2.24, 2.45) is 0 Å². The second-order valence-electron chi connectivity index (χ2n) is 3.63. The van der Waals surface area contributed by atoms with Crippen molar-refractivity contribution < 1.29 is 29.3 Å². The number of rotatable bonds is 7. The van der Waals surface area contributed by atoms with E-state index in [1.165, 1.54) is 0 Å². The monoisotopic (exact) mass is 303 g/mol. The third-order valence-electron chi connectivity index (χ3n) is 2.24. The molecule has 0 atom stereocenters. The Kier molecular flexibility index (Phi) is 4.77. The number of carboxylic acid groups (broad SMARTS) is 2. The topological polar surface area (TPSA) is 167 Å². The number of hydrogen-bond acceptors (Lipinski definition) is 7. The lowest BCUT2D eigenvalue weighted by atomic mass is 10.6. The molecule has 0 unspecified atom stereocenters. The van der Waals surface area contributed by atoms with E-state index in [4.69, 9.17) is 10.2 Å². The molecule has 0 spiro atoms. The number of carbonyl (C=O) groups is 3. The first-order valence-electron chi connectivity index (χ1n) is 5.23. The van der Waals surface area contributed by atoms with E-state index in [0.29, 0.717) is 0 Å². The summed E-state index contributed by atoms with van der Waals surface area (Å²) in [5.74, 6) is -3.12. The van der Waals surface area contributed by atoms with Crippen molar-refractivity contribution in [3.05, 3.63) is 31.5 Å². The van der Waals surface area contributed by atoms with Crippen LogP contribution < -0.4 is 17.1 Å². The van der Waals surface area contributed by atoms with Crippen LogP contribution in [-0.4, -0.2) is 42.3 Å². The molecule has 1 aromatic rings. The molecule has 0 bridgehead atoms. The lowest BCUT2D eigenvalue weighted by Crippen LogP contribution is -2.56. The zero-order chi connectivity index (χ0) is 16.2. The van der Waals surface area contributed by atoms with Crippen LogP contribution in [0.3, 0.4) is 0 Å². The van der Waals surface area contributed by atoms with E-state index in [9.17, 15) is 28.8 Å². The summed E-state index contributed by atoms with van der Waals surface area (Å²) in [4.78, 5) is 66.7. The number of ether oxygens (including phenoxy) is 1. The van der Waals surface area contributed by atoms with Gasteiger partial charge in [-0.3, -0.25) is 14.4 Å². The molecule has 0 aliphatic carbocycles. The predicted molar refractivity (Wildman–Crippen MR) is 61.6 cm³/mol. The van der Waals surface area contributed by atoms with E-state index < -0.39 is 48.8 Å². The predicted octanol–water partition coefficient (Wildman–Crippen LogP) is -3.53. The molecule has 1 heterocycles. The fraction of sp³-hybridized carbons (Fsp3) is 0.333. The van der Waals surface area contributed by atoms with Gasteiger partial charge in [-0.05, 0) is 0 Å². The van der Waals surface area contributed by atoms with Gasteiger partial charge in [0.25, 0.3) is 6.47 Å². The first-order chi connectivity index (χ1) is 9.79. The van der Waals surface area contributed by atoms with Gasteiger partial charge in [-0.1, -0.05) is 0 Å². The summed E-state index contributed by atoms with van der Waals surface area (Å²) in [7, 11) is 0. The molecular weight excluding hydrogens is 294 g/mol. The normalized spacial score (nSPS) is 10.1. The number of carboxylic acids is 2. The number of carbonyl (C=O) groups excluding carboxylic acids is 1. The number of hydrogen-bond donors (Lipinski definition) is 2. The molecule has 21 heavy (non-hydrogen) atoms. The average molecular weight is 303 g/mol. The maximum absolute atomic E-state index is 11.8. The Morgan fingerprint density at radius 3 is 1.62 bits per heavy atom. The Morgan fingerprint density at radius 1 is 0.905 bits per heavy atom. The van der Waals surface area contributed by atoms with E-state index >= 15 is 0 Å². The number of nitrogens with zero attached hydrogens (tertiary/aromatic N) is 3. The molecule has 2 N–H and O–H groups in total. The highest BCUT2D eigenvalue weighted by Crippen LogP contribution is 1.79. The Bertz CT molecular complexity index is 699. The molecule has 114 valence electrons. The summed E-state index contributed by atoms with van der Waals surface area (Å²) in [6.07, 6.45) is 0. The van der Waals surface area contributed by atoms with Crippen molar-refractivity contribution in [1.29, 1.82) is 0 Å². The molecule has 0 amide bonds. The van der Waals surface area contributed by atoms with E-state index in [0.717, 1.165) is 0 Å². The molecule has 12 nitrogen and oxygen atoms in total. The zero-order valence-corrected chi connectivity index (χ0v) is 10.3. The molecule has 1 aromatic heterocycles. The molecule has 1 rings (SSSR count). The lowest BCUT2D eigenvalue weighted by molar-refractivity contribution is -0.138. The van der Waals surface area contributed by atoms with Gasteiger partial charge < -0.3 is 14.9 Å². The maximum Gasteiger partial charge on any atom is 0.339 e. The van der Waals surface area contributed by atoms with E-state index in [1.54, 1.807) is 0 Å². The van der Waals surface area contributed by atoms with Gasteiger partial charge in [0.2, 0.25) is 0 Å². The molecule has 0 aliphatic heterocycles. The van der Waals surface area contributed by atoms with E-state index in [-0.39, 0.29) is 20.2 Å². The van der Waals surface area contributed by atoms with Crippen LogP contribution in [0.5, 0.6) is 0 Å². The van der Waals surface area contributed by atoms with Crippen LogP contribution in [0.2, 0.25) is 0 Å². The second-order valence-corrected chi connectivity index (χ2v) is 3.63. The Morgan fingerprint density at radius 2 is 1.29 bits per heavy atom. The van der Waals surface area contributed by atoms with Gasteiger partial charge in [-0.15, -0.1) is 0 Å². The summed E-state index contributed by atoms with van der Waals surface area (Å²) < 4.78 is 4.70. The van der Waals surface area contributed by atoms with Crippen LogP contribution >= 0.6 is 0 Å². The van der Waals surface area contributed by atoms with Crippen LogP contribution in [0.1, 0.15) is 0 Å². The molecule has 0 radical (unpaired) electrons. The summed E-state index contributed by atoms with van der Waals surface area (Å²) in [5.41, 5.74) is -4.07. The summed E-state index contributed by atoms with van der Waals surface area (Å²) in [6.45, 7) is -3.14. The SMILES string of the molecule is O=COCn1c(=O)n(CC(=O)O)c(=O)n(CC(=O)O)c1=O. The van der Waals surface area contributed by atoms with Gasteiger partial charge >= 0.3 is 29.0 Å². The Balaban J connectivity index is 3.65. The summed E-state index contributed by atoms with van der Waals surface area (Å²) >= 11 is 0. The zero-order valence-electron chi connectivity index (χ0n) is 10.3. The molecule has 0 saturated heterocycles. The summed E-state index contributed by atoms with van der Waals surface area (Å²) in [5, 5.41) is 17.3. The average Bonchev–Trinajstić information content (AvgIpc) is 2.39. The first kappa shape index (κ1) is 15.9. The molecule has 0 fully saturated rings. The molecule has 0 saturated carbocycles. The van der Waals surface area contributed by atoms with Gasteiger partial charge in [0, 0.05) is 0 Å². The molecule has 12 heteroatoms. The van der Waals surface area contributed by atoms with Gasteiger partial charge in [-0.25, -0.2) is 28.1 Å². The highest BCUT2D eigenvalue weighted by Gasteiger charge is 2.18. The first-order valence-corrected chi connectivity index (χ1v) is 5.23. The minimum Gasteiger partial charge on any atom is -0.480 e.